The van der Waals surface area contributed by atoms with Gasteiger partial charge in [0.2, 0.25) is 11.8 Å². The molecule has 1 saturated heterocycles. The van der Waals surface area contributed by atoms with E-state index in [1.165, 1.54) is 6.07 Å². The number of fused-ring (bicyclic) bond motifs is 2. The largest absolute Gasteiger partial charge is 0.355 e. The molecular formula is C25H28Cl2FN3O2. The summed E-state index contributed by atoms with van der Waals surface area (Å²) in [6, 6.07) is 8.68. The fraction of sp³-hybridized carbons (Fsp3) is 0.440. The second kappa shape index (κ2) is 8.57. The van der Waals surface area contributed by atoms with Gasteiger partial charge < -0.3 is 16.0 Å². The van der Waals surface area contributed by atoms with E-state index in [4.69, 9.17) is 23.2 Å². The number of anilines is 1. The molecule has 0 bridgehead atoms. The van der Waals surface area contributed by atoms with Crippen LogP contribution >= 0.6 is 23.2 Å². The van der Waals surface area contributed by atoms with Crippen LogP contribution in [0.15, 0.2) is 36.4 Å². The van der Waals surface area contributed by atoms with Crippen molar-refractivity contribution in [2.75, 3.05) is 11.9 Å². The summed E-state index contributed by atoms with van der Waals surface area (Å²) in [4.78, 5) is 27.2. The van der Waals surface area contributed by atoms with Gasteiger partial charge in [-0.15, -0.1) is 0 Å². The van der Waals surface area contributed by atoms with Crippen molar-refractivity contribution in [2.45, 2.75) is 57.5 Å². The molecule has 2 heterocycles. The van der Waals surface area contributed by atoms with Crippen LogP contribution in [0.3, 0.4) is 0 Å². The number of rotatable bonds is 4. The number of amides is 2. The summed E-state index contributed by atoms with van der Waals surface area (Å²) in [7, 11) is 0. The van der Waals surface area contributed by atoms with E-state index in [1.54, 1.807) is 24.3 Å². The average molecular weight is 492 g/mol. The number of likely N-dealkylation sites (N-methyl/N-ethyl adjacent to an activating group) is 1. The van der Waals surface area contributed by atoms with Gasteiger partial charge in [0, 0.05) is 29.2 Å². The summed E-state index contributed by atoms with van der Waals surface area (Å²) in [6.45, 7) is 8.46. The number of nitrogens with one attached hydrogen (secondary N) is 3. The van der Waals surface area contributed by atoms with Gasteiger partial charge in [-0.1, -0.05) is 62.2 Å². The highest BCUT2D eigenvalue weighted by molar-refractivity contribution is 6.31. The molecule has 2 aliphatic rings. The van der Waals surface area contributed by atoms with E-state index < -0.39 is 29.2 Å². The Hall–Kier alpha value is -2.15. The number of benzene rings is 2. The van der Waals surface area contributed by atoms with Crippen molar-refractivity contribution >= 4 is 40.7 Å². The van der Waals surface area contributed by atoms with Crippen LogP contribution in [0, 0.1) is 11.2 Å². The number of carbonyl (C=O) groups is 2. The Bertz CT molecular complexity index is 1120. The lowest BCUT2D eigenvalue weighted by Gasteiger charge is -2.37. The lowest BCUT2D eigenvalue weighted by molar-refractivity contribution is -0.123. The first-order valence-electron chi connectivity index (χ1n) is 11.1. The highest BCUT2D eigenvalue weighted by Crippen LogP contribution is 2.57. The van der Waals surface area contributed by atoms with Crippen molar-refractivity contribution in [3.63, 3.8) is 0 Å². The van der Waals surface area contributed by atoms with Crippen LogP contribution in [0.25, 0.3) is 0 Å². The molecular weight excluding hydrogens is 464 g/mol. The third-order valence-corrected chi connectivity index (χ3v) is 7.10. The molecule has 176 valence electrons. The fourth-order valence-corrected chi connectivity index (χ4v) is 5.79. The number of carbonyl (C=O) groups excluding carboxylic acids is 2. The van der Waals surface area contributed by atoms with E-state index in [0.717, 1.165) is 0 Å². The zero-order valence-electron chi connectivity index (χ0n) is 19.1. The molecule has 3 N–H and O–H groups in total. The Morgan fingerprint density at radius 1 is 1.21 bits per heavy atom. The van der Waals surface area contributed by atoms with Gasteiger partial charge >= 0.3 is 0 Å². The maximum Gasteiger partial charge on any atom is 0.237 e. The van der Waals surface area contributed by atoms with E-state index >= 15 is 4.39 Å². The predicted molar refractivity (Wildman–Crippen MR) is 129 cm³/mol. The van der Waals surface area contributed by atoms with Gasteiger partial charge in [0.1, 0.15) is 11.2 Å². The minimum Gasteiger partial charge on any atom is -0.355 e. The maximum atomic E-state index is 15.5. The number of hydrogen-bond donors (Lipinski definition) is 3. The van der Waals surface area contributed by atoms with Crippen molar-refractivity contribution in [3.05, 3.63) is 63.4 Å². The lowest BCUT2D eigenvalue weighted by Crippen LogP contribution is -2.49. The summed E-state index contributed by atoms with van der Waals surface area (Å²) < 4.78 is 15.5. The molecule has 0 radical (unpaired) electrons. The Morgan fingerprint density at radius 2 is 1.94 bits per heavy atom. The Morgan fingerprint density at radius 3 is 2.61 bits per heavy atom. The molecule has 0 unspecified atom stereocenters. The normalized spacial score (nSPS) is 26.4. The Kier molecular flexibility index (Phi) is 6.23. The first-order chi connectivity index (χ1) is 15.5. The molecule has 0 saturated carbocycles. The summed E-state index contributed by atoms with van der Waals surface area (Å²) in [5.41, 5.74) is 0.120. The zero-order valence-corrected chi connectivity index (χ0v) is 20.6. The van der Waals surface area contributed by atoms with E-state index in [0.29, 0.717) is 29.2 Å². The van der Waals surface area contributed by atoms with Crippen LogP contribution in [0.4, 0.5) is 10.1 Å². The van der Waals surface area contributed by atoms with Crippen LogP contribution in [0.5, 0.6) is 0 Å². The Balaban J connectivity index is 2.02. The standard InChI is InChI=1S/C25H28Cl2FN3O2/c1-5-29-22(32)21-19(14-7-6-8-16(27)20(14)28)25(18(31-21)12-24(2,3)4)15-10-9-13(26)11-17(15)30-23(25)33/h6-11,18-19,21,31H,5,12H2,1-4H3,(H,29,32)(H,30,33)/t18-,19-,21-,25-/m1/s1. The molecule has 2 aromatic rings. The zero-order chi connectivity index (χ0) is 24.1. The van der Waals surface area contributed by atoms with Crippen molar-refractivity contribution < 1.29 is 14.0 Å². The number of hydrogen-bond acceptors (Lipinski definition) is 3. The smallest absolute Gasteiger partial charge is 0.237 e. The average Bonchev–Trinajstić information content (AvgIpc) is 3.19. The molecule has 1 fully saturated rings. The van der Waals surface area contributed by atoms with E-state index in [-0.39, 0.29) is 27.8 Å². The van der Waals surface area contributed by atoms with Gasteiger partial charge in [-0.3, -0.25) is 9.59 Å². The van der Waals surface area contributed by atoms with Gasteiger partial charge in [-0.25, -0.2) is 4.39 Å². The minimum atomic E-state index is -1.23. The van der Waals surface area contributed by atoms with Gasteiger partial charge in [0.25, 0.3) is 0 Å². The van der Waals surface area contributed by atoms with E-state index in [9.17, 15) is 9.59 Å². The first kappa shape index (κ1) is 24.0. The molecule has 5 nitrogen and oxygen atoms in total. The lowest BCUT2D eigenvalue weighted by atomic mass is 9.62. The molecule has 8 heteroatoms. The molecule has 4 rings (SSSR count). The molecule has 2 aliphatic heterocycles. The van der Waals surface area contributed by atoms with Crippen LogP contribution in [0.2, 0.25) is 10.0 Å². The molecule has 0 aromatic heterocycles. The fourth-order valence-electron chi connectivity index (χ4n) is 5.44. The highest BCUT2D eigenvalue weighted by Gasteiger charge is 2.66. The maximum absolute atomic E-state index is 15.5. The van der Waals surface area contributed by atoms with Crippen LogP contribution in [-0.4, -0.2) is 30.4 Å². The summed E-state index contributed by atoms with van der Waals surface area (Å²) in [6.07, 6.45) is 0.580. The second-order valence-corrected chi connectivity index (χ2v) is 10.8. The molecule has 0 aliphatic carbocycles. The topological polar surface area (TPSA) is 70.2 Å². The van der Waals surface area contributed by atoms with Crippen molar-refractivity contribution in [3.8, 4) is 0 Å². The SMILES string of the molecule is CCNC(=O)[C@@H]1N[C@H](CC(C)(C)C)[C@@]2(C(=O)Nc3cc(Cl)ccc32)[C@@H]1c1cccc(Cl)c1F. The first-order valence-corrected chi connectivity index (χ1v) is 11.9. The Labute approximate surface area is 203 Å². The van der Waals surface area contributed by atoms with E-state index in [1.807, 2.05) is 13.0 Å². The van der Waals surface area contributed by atoms with Crippen molar-refractivity contribution in [1.29, 1.82) is 0 Å². The second-order valence-electron chi connectivity index (χ2n) is 9.99. The summed E-state index contributed by atoms with van der Waals surface area (Å²) in [5.74, 6) is -2.01. The van der Waals surface area contributed by atoms with Crippen molar-refractivity contribution in [1.82, 2.24) is 10.6 Å². The molecule has 2 aromatic carbocycles. The third-order valence-electron chi connectivity index (χ3n) is 6.57. The third kappa shape index (κ3) is 3.92. The molecule has 1 spiro atoms. The molecule has 33 heavy (non-hydrogen) atoms. The van der Waals surface area contributed by atoms with Crippen LogP contribution in [0.1, 0.15) is 51.2 Å². The van der Waals surface area contributed by atoms with Gasteiger partial charge in [0.15, 0.2) is 0 Å². The molecule has 4 atom stereocenters. The van der Waals surface area contributed by atoms with Crippen molar-refractivity contribution in [2.24, 2.45) is 5.41 Å². The summed E-state index contributed by atoms with van der Waals surface area (Å²) in [5, 5.41) is 9.67. The van der Waals surface area contributed by atoms with Gasteiger partial charge in [-0.05, 0) is 48.1 Å². The quantitative estimate of drug-likeness (QED) is 0.562. The molecule has 2 amide bonds. The van der Waals surface area contributed by atoms with Crippen LogP contribution in [-0.2, 0) is 15.0 Å². The predicted octanol–water partition coefficient (Wildman–Crippen LogP) is 5.02. The highest BCUT2D eigenvalue weighted by atomic mass is 35.5. The minimum absolute atomic E-state index is 0.0497. The number of halogens is 3. The van der Waals surface area contributed by atoms with Crippen LogP contribution < -0.4 is 16.0 Å². The summed E-state index contributed by atoms with van der Waals surface area (Å²) >= 11 is 12.4. The van der Waals surface area contributed by atoms with E-state index in [2.05, 4.69) is 36.7 Å². The van der Waals surface area contributed by atoms with Gasteiger partial charge in [0.05, 0.1) is 11.1 Å². The monoisotopic (exact) mass is 491 g/mol. The van der Waals surface area contributed by atoms with Gasteiger partial charge in [-0.2, -0.15) is 0 Å².